The van der Waals surface area contributed by atoms with Crippen molar-refractivity contribution in [1.29, 1.82) is 0 Å². The van der Waals surface area contributed by atoms with E-state index in [1.165, 1.54) is 0 Å². The number of halogens is 3. The number of nitrogens with zero attached hydrogens (tertiary/aromatic N) is 3. The van der Waals surface area contributed by atoms with Crippen LogP contribution in [0.25, 0.3) is 0 Å². The van der Waals surface area contributed by atoms with Gasteiger partial charge in [-0.25, -0.2) is 9.97 Å². The molecule has 0 unspecified atom stereocenters. The number of hydrogen-bond donors (Lipinski definition) is 1. The first-order valence-corrected chi connectivity index (χ1v) is 7.01. The van der Waals surface area contributed by atoms with E-state index in [4.69, 9.17) is 0 Å². The molecule has 1 aromatic heterocycles. The van der Waals surface area contributed by atoms with Gasteiger partial charge in [0.1, 0.15) is 0 Å². The molecule has 4 nitrogen and oxygen atoms in total. The summed E-state index contributed by atoms with van der Waals surface area (Å²) in [4.78, 5) is 10.5. The Bertz CT molecular complexity index is 545. The summed E-state index contributed by atoms with van der Waals surface area (Å²) in [6.07, 6.45) is -3.30. The van der Waals surface area contributed by atoms with E-state index < -0.39 is 17.2 Å². The van der Waals surface area contributed by atoms with E-state index in [0.29, 0.717) is 19.0 Å². The minimum atomic E-state index is -4.53. The van der Waals surface area contributed by atoms with Crippen LogP contribution >= 0.6 is 0 Å². The molecule has 0 aromatic carbocycles. The topological polar surface area (TPSA) is 49.2 Å². The Labute approximate surface area is 121 Å². The lowest BCUT2D eigenvalue weighted by atomic mass is 9.55. The molecule has 1 aliphatic carbocycles. The zero-order valence-electron chi connectivity index (χ0n) is 12.0. The van der Waals surface area contributed by atoms with Gasteiger partial charge in [0.25, 0.3) is 0 Å². The Kier molecular flexibility index (Phi) is 2.99. The summed E-state index contributed by atoms with van der Waals surface area (Å²) < 4.78 is 38.0. The lowest BCUT2D eigenvalue weighted by molar-refractivity contribution is -0.319. The maximum atomic E-state index is 12.7. The molecule has 2 heterocycles. The van der Waals surface area contributed by atoms with E-state index in [9.17, 15) is 18.3 Å². The van der Waals surface area contributed by atoms with Gasteiger partial charge in [-0.1, -0.05) is 13.8 Å². The quantitative estimate of drug-likeness (QED) is 0.912. The summed E-state index contributed by atoms with van der Waals surface area (Å²) in [5, 5.41) is 9.55. The summed E-state index contributed by atoms with van der Waals surface area (Å²) in [5.74, 6) is 0.843. The largest absolute Gasteiger partial charge is 0.417 e. The summed E-state index contributed by atoms with van der Waals surface area (Å²) in [5.41, 5.74) is -2.01. The van der Waals surface area contributed by atoms with Crippen LogP contribution in [0.3, 0.4) is 0 Å². The molecule has 2 fully saturated rings. The standard InChI is InChI=1S/C14H18F3N3O/c1-9(2)10-3-4-18-11(19-10)20-7-12(8-20)5-13(21,6-12)14(15,16)17/h3-4,9,21H,5-8H2,1-2H3. The van der Waals surface area contributed by atoms with E-state index in [1.807, 2.05) is 24.8 Å². The smallest absolute Gasteiger partial charge is 0.380 e. The molecule has 1 saturated heterocycles. The van der Waals surface area contributed by atoms with Gasteiger partial charge < -0.3 is 10.0 Å². The first kappa shape index (κ1) is 14.6. The van der Waals surface area contributed by atoms with Crippen molar-refractivity contribution in [3.8, 4) is 0 Å². The number of alkyl halides is 3. The molecule has 1 aliphatic heterocycles. The van der Waals surface area contributed by atoms with Gasteiger partial charge in [-0.3, -0.25) is 0 Å². The molecule has 116 valence electrons. The second-order valence-electron chi connectivity index (χ2n) is 6.68. The van der Waals surface area contributed by atoms with Gasteiger partial charge >= 0.3 is 6.18 Å². The van der Waals surface area contributed by atoms with Gasteiger partial charge in [0, 0.05) is 30.4 Å². The van der Waals surface area contributed by atoms with Gasteiger partial charge in [0.2, 0.25) is 5.95 Å². The molecule has 1 aromatic rings. The van der Waals surface area contributed by atoms with Crippen LogP contribution in [-0.2, 0) is 0 Å². The lowest BCUT2D eigenvalue weighted by Crippen LogP contribution is -2.72. The maximum Gasteiger partial charge on any atom is 0.417 e. The highest BCUT2D eigenvalue weighted by atomic mass is 19.4. The molecular weight excluding hydrogens is 283 g/mol. The van der Waals surface area contributed by atoms with Crippen LogP contribution in [-0.4, -0.2) is 39.9 Å². The van der Waals surface area contributed by atoms with Gasteiger partial charge in [0.15, 0.2) is 5.60 Å². The predicted octanol–water partition coefficient (Wildman–Crippen LogP) is 2.49. The molecule has 1 saturated carbocycles. The molecule has 0 amide bonds. The molecule has 0 bridgehead atoms. The first-order chi connectivity index (χ1) is 9.64. The molecule has 1 N–H and O–H groups in total. The van der Waals surface area contributed by atoms with E-state index in [2.05, 4.69) is 9.97 Å². The second kappa shape index (κ2) is 4.32. The van der Waals surface area contributed by atoms with Gasteiger partial charge in [-0.2, -0.15) is 13.2 Å². The Balaban J connectivity index is 1.64. The Morgan fingerprint density at radius 3 is 2.43 bits per heavy atom. The number of hydrogen-bond acceptors (Lipinski definition) is 4. The van der Waals surface area contributed by atoms with Gasteiger partial charge in [0.05, 0.1) is 0 Å². The number of anilines is 1. The van der Waals surface area contributed by atoms with Crippen LogP contribution in [0.15, 0.2) is 12.3 Å². The van der Waals surface area contributed by atoms with Crippen molar-refractivity contribution in [3.05, 3.63) is 18.0 Å². The molecule has 21 heavy (non-hydrogen) atoms. The van der Waals surface area contributed by atoms with Crippen molar-refractivity contribution in [2.24, 2.45) is 5.41 Å². The summed E-state index contributed by atoms with van der Waals surface area (Å²) >= 11 is 0. The average Bonchev–Trinajstić information content (AvgIpc) is 2.30. The Morgan fingerprint density at radius 2 is 1.90 bits per heavy atom. The third-order valence-corrected chi connectivity index (χ3v) is 4.45. The van der Waals surface area contributed by atoms with Crippen molar-refractivity contribution < 1.29 is 18.3 Å². The second-order valence-corrected chi connectivity index (χ2v) is 6.68. The highest BCUT2D eigenvalue weighted by Crippen LogP contribution is 2.59. The van der Waals surface area contributed by atoms with Gasteiger partial charge in [-0.05, 0) is 24.8 Å². The minimum absolute atomic E-state index is 0.218. The van der Waals surface area contributed by atoms with Crippen LogP contribution in [0, 0.1) is 5.41 Å². The third-order valence-electron chi connectivity index (χ3n) is 4.45. The Morgan fingerprint density at radius 1 is 1.29 bits per heavy atom. The first-order valence-electron chi connectivity index (χ1n) is 7.01. The highest BCUT2D eigenvalue weighted by molar-refractivity contribution is 5.39. The van der Waals surface area contributed by atoms with E-state index in [1.54, 1.807) is 6.20 Å². The predicted molar refractivity (Wildman–Crippen MR) is 71.0 cm³/mol. The third kappa shape index (κ3) is 2.27. The molecule has 2 aliphatic rings. The lowest BCUT2D eigenvalue weighted by Gasteiger charge is -2.62. The van der Waals surface area contributed by atoms with Crippen molar-refractivity contribution >= 4 is 5.95 Å². The molecular formula is C14H18F3N3O. The fourth-order valence-corrected chi connectivity index (χ4v) is 3.35. The molecule has 7 heteroatoms. The van der Waals surface area contributed by atoms with Crippen LogP contribution in [0.1, 0.15) is 38.3 Å². The molecule has 0 radical (unpaired) electrons. The Hall–Kier alpha value is -1.37. The fraction of sp³-hybridized carbons (Fsp3) is 0.714. The number of rotatable bonds is 2. The zero-order valence-corrected chi connectivity index (χ0v) is 12.0. The van der Waals surface area contributed by atoms with Crippen LogP contribution in [0.2, 0.25) is 0 Å². The molecule has 1 spiro atoms. The normalized spacial score (nSPS) is 23.1. The summed E-state index contributed by atoms with van der Waals surface area (Å²) in [6, 6.07) is 1.84. The minimum Gasteiger partial charge on any atom is -0.380 e. The van der Waals surface area contributed by atoms with Crippen LogP contribution < -0.4 is 4.90 Å². The van der Waals surface area contributed by atoms with Crippen molar-refractivity contribution in [2.75, 3.05) is 18.0 Å². The van der Waals surface area contributed by atoms with E-state index in [-0.39, 0.29) is 18.8 Å². The monoisotopic (exact) mass is 301 g/mol. The molecule has 0 atom stereocenters. The van der Waals surface area contributed by atoms with E-state index >= 15 is 0 Å². The summed E-state index contributed by atoms with van der Waals surface area (Å²) in [7, 11) is 0. The van der Waals surface area contributed by atoms with Gasteiger partial charge in [-0.15, -0.1) is 0 Å². The SMILES string of the molecule is CC(C)c1ccnc(N2CC3(C2)CC(O)(C(F)(F)F)C3)n1. The average molecular weight is 301 g/mol. The fourth-order valence-electron chi connectivity index (χ4n) is 3.35. The van der Waals surface area contributed by atoms with Crippen molar-refractivity contribution in [1.82, 2.24) is 9.97 Å². The number of aromatic nitrogens is 2. The van der Waals surface area contributed by atoms with Crippen molar-refractivity contribution in [3.63, 3.8) is 0 Å². The maximum absolute atomic E-state index is 12.7. The van der Waals surface area contributed by atoms with Crippen molar-refractivity contribution in [2.45, 2.75) is 44.4 Å². The molecule has 3 rings (SSSR count). The van der Waals surface area contributed by atoms with E-state index in [0.717, 1.165) is 5.69 Å². The van der Waals surface area contributed by atoms with Crippen LogP contribution in [0.5, 0.6) is 0 Å². The zero-order chi connectivity index (χ0) is 15.5. The number of aliphatic hydroxyl groups is 1. The van der Waals surface area contributed by atoms with Crippen LogP contribution in [0.4, 0.5) is 19.1 Å². The highest BCUT2D eigenvalue weighted by Gasteiger charge is 2.70. The summed E-state index contributed by atoms with van der Waals surface area (Å²) in [6.45, 7) is 5.01.